The van der Waals surface area contributed by atoms with Gasteiger partial charge in [-0.1, -0.05) is 12.1 Å². The van der Waals surface area contributed by atoms with Gasteiger partial charge in [0.1, 0.15) is 6.61 Å². The molecule has 2 unspecified atom stereocenters. The zero-order chi connectivity index (χ0) is 13.9. The van der Waals surface area contributed by atoms with Gasteiger partial charge in [0, 0.05) is 18.3 Å². The first-order valence-corrected chi connectivity index (χ1v) is 6.90. The maximum Gasteiger partial charge on any atom is 0.161 e. The molecule has 0 amide bonds. The van der Waals surface area contributed by atoms with Gasteiger partial charge in [-0.3, -0.25) is 4.68 Å². The Morgan fingerprint density at radius 2 is 2.20 bits per heavy atom. The third-order valence-electron chi connectivity index (χ3n) is 3.55. The number of fused-ring (bicyclic) bond motifs is 1. The number of aromatic nitrogens is 2. The summed E-state index contributed by atoms with van der Waals surface area (Å²) in [6.07, 6.45) is 3.86. The van der Waals surface area contributed by atoms with Crippen LogP contribution in [0.4, 0.5) is 0 Å². The molecular formula is C15H19N3O2. The van der Waals surface area contributed by atoms with Crippen LogP contribution in [0, 0.1) is 0 Å². The summed E-state index contributed by atoms with van der Waals surface area (Å²) in [4.78, 5) is 0. The summed E-state index contributed by atoms with van der Waals surface area (Å²) in [6, 6.07) is 7.82. The Kier molecular flexibility index (Phi) is 3.60. The zero-order valence-electron chi connectivity index (χ0n) is 11.7. The van der Waals surface area contributed by atoms with E-state index in [0.717, 1.165) is 23.6 Å². The molecular weight excluding hydrogens is 254 g/mol. The van der Waals surface area contributed by atoms with Gasteiger partial charge in [-0.25, -0.2) is 0 Å². The van der Waals surface area contributed by atoms with E-state index in [-0.39, 0.29) is 12.1 Å². The topological polar surface area (TPSA) is 48.3 Å². The summed E-state index contributed by atoms with van der Waals surface area (Å²) in [6.45, 7) is 3.46. The van der Waals surface area contributed by atoms with Crippen LogP contribution in [-0.2, 0) is 6.54 Å². The number of aryl methyl sites for hydroxylation is 1. The highest BCUT2D eigenvalue weighted by molar-refractivity contribution is 5.41. The minimum Gasteiger partial charge on any atom is -0.486 e. The van der Waals surface area contributed by atoms with Crippen molar-refractivity contribution in [1.29, 1.82) is 0 Å². The van der Waals surface area contributed by atoms with Crippen LogP contribution in [0.2, 0.25) is 0 Å². The molecule has 5 nitrogen and oxygen atoms in total. The average molecular weight is 273 g/mol. The highest BCUT2D eigenvalue weighted by Crippen LogP contribution is 2.34. The molecule has 0 aliphatic carbocycles. The molecule has 3 rings (SSSR count). The molecule has 2 aromatic rings. The lowest BCUT2D eigenvalue weighted by Gasteiger charge is -2.31. The molecule has 1 aliphatic heterocycles. The molecule has 106 valence electrons. The predicted octanol–water partition coefficient (Wildman–Crippen LogP) is 2.00. The van der Waals surface area contributed by atoms with Crippen molar-refractivity contribution in [1.82, 2.24) is 15.1 Å². The normalized spacial score (nSPS) is 18.8. The fourth-order valence-corrected chi connectivity index (χ4v) is 2.48. The smallest absolute Gasteiger partial charge is 0.161 e. The van der Waals surface area contributed by atoms with E-state index in [1.807, 2.05) is 48.4 Å². The highest BCUT2D eigenvalue weighted by Gasteiger charge is 2.29. The minimum absolute atomic E-state index is 0.0589. The largest absolute Gasteiger partial charge is 0.486 e. The van der Waals surface area contributed by atoms with Crippen LogP contribution in [-0.4, -0.2) is 29.5 Å². The molecule has 5 heteroatoms. The summed E-state index contributed by atoms with van der Waals surface area (Å²) >= 11 is 0. The maximum absolute atomic E-state index is 6.06. The van der Waals surface area contributed by atoms with E-state index in [9.17, 15) is 0 Å². The van der Waals surface area contributed by atoms with Crippen LogP contribution < -0.4 is 14.8 Å². The molecule has 0 fully saturated rings. The Morgan fingerprint density at radius 3 is 2.90 bits per heavy atom. The third-order valence-corrected chi connectivity index (χ3v) is 3.55. The third kappa shape index (κ3) is 2.36. The maximum atomic E-state index is 6.06. The van der Waals surface area contributed by atoms with Crippen molar-refractivity contribution >= 4 is 0 Å². The number of likely N-dealkylation sites (N-methyl/N-ethyl adjacent to an activating group) is 1. The van der Waals surface area contributed by atoms with Gasteiger partial charge in [-0.15, -0.1) is 0 Å². The quantitative estimate of drug-likeness (QED) is 0.925. The SMILES string of the molecule is CCn1cc(C(NC)C2COc3ccccc3O2)cn1. The van der Waals surface area contributed by atoms with E-state index in [0.29, 0.717) is 6.61 Å². The van der Waals surface area contributed by atoms with E-state index in [1.165, 1.54) is 0 Å². The van der Waals surface area contributed by atoms with Crippen molar-refractivity contribution in [2.45, 2.75) is 25.6 Å². The van der Waals surface area contributed by atoms with Gasteiger partial charge in [0.05, 0.1) is 12.2 Å². The number of nitrogens with one attached hydrogen (secondary N) is 1. The van der Waals surface area contributed by atoms with Crippen molar-refractivity contribution < 1.29 is 9.47 Å². The number of ether oxygens (including phenoxy) is 2. The van der Waals surface area contributed by atoms with Gasteiger partial charge in [-0.05, 0) is 26.1 Å². The second-order valence-corrected chi connectivity index (χ2v) is 4.81. The Balaban J connectivity index is 1.81. The Bertz CT molecular complexity index is 582. The molecule has 0 spiro atoms. The Hall–Kier alpha value is -2.01. The van der Waals surface area contributed by atoms with Crippen LogP contribution >= 0.6 is 0 Å². The molecule has 1 N–H and O–H groups in total. The number of benzene rings is 1. The molecule has 1 aromatic carbocycles. The van der Waals surface area contributed by atoms with E-state index < -0.39 is 0 Å². The van der Waals surface area contributed by atoms with E-state index in [1.54, 1.807) is 0 Å². The van der Waals surface area contributed by atoms with Crippen LogP contribution in [0.5, 0.6) is 11.5 Å². The lowest BCUT2D eigenvalue weighted by atomic mass is 10.0. The van der Waals surface area contributed by atoms with Crippen molar-refractivity contribution in [3.63, 3.8) is 0 Å². The average Bonchev–Trinajstić information content (AvgIpc) is 2.97. The fourth-order valence-electron chi connectivity index (χ4n) is 2.48. The summed E-state index contributed by atoms with van der Waals surface area (Å²) in [5.74, 6) is 1.61. The molecule has 2 atom stereocenters. The Labute approximate surface area is 118 Å². The molecule has 0 saturated carbocycles. The summed E-state index contributed by atoms with van der Waals surface area (Å²) in [5, 5.41) is 7.62. The van der Waals surface area contributed by atoms with Crippen molar-refractivity contribution in [3.8, 4) is 11.5 Å². The van der Waals surface area contributed by atoms with Crippen molar-refractivity contribution in [2.24, 2.45) is 0 Å². The molecule has 0 saturated heterocycles. The van der Waals surface area contributed by atoms with Gasteiger partial charge in [0.15, 0.2) is 17.6 Å². The number of rotatable bonds is 4. The van der Waals surface area contributed by atoms with Gasteiger partial charge >= 0.3 is 0 Å². The minimum atomic E-state index is -0.0654. The summed E-state index contributed by atoms with van der Waals surface area (Å²) in [5.41, 5.74) is 1.11. The second kappa shape index (κ2) is 5.54. The first-order valence-electron chi connectivity index (χ1n) is 6.90. The van der Waals surface area contributed by atoms with Gasteiger partial charge in [-0.2, -0.15) is 5.10 Å². The van der Waals surface area contributed by atoms with Gasteiger partial charge in [0.2, 0.25) is 0 Å². The zero-order valence-corrected chi connectivity index (χ0v) is 11.7. The van der Waals surface area contributed by atoms with E-state index in [4.69, 9.17) is 9.47 Å². The lowest BCUT2D eigenvalue weighted by molar-refractivity contribution is 0.0638. The standard InChI is InChI=1S/C15H19N3O2/c1-3-18-9-11(8-17-18)15(16-2)14-10-19-12-6-4-5-7-13(12)20-14/h4-9,14-16H,3,10H2,1-2H3. The fraction of sp³-hybridized carbons (Fsp3) is 0.400. The summed E-state index contributed by atoms with van der Waals surface area (Å²) in [7, 11) is 1.93. The molecule has 1 aromatic heterocycles. The monoisotopic (exact) mass is 273 g/mol. The first kappa shape index (κ1) is 13.0. The molecule has 0 bridgehead atoms. The van der Waals surface area contributed by atoms with Crippen molar-refractivity contribution in [2.75, 3.05) is 13.7 Å². The van der Waals surface area contributed by atoms with Crippen LogP contribution in [0.25, 0.3) is 0 Å². The predicted molar refractivity (Wildman–Crippen MR) is 76.1 cm³/mol. The number of hydrogen-bond donors (Lipinski definition) is 1. The molecule has 1 aliphatic rings. The van der Waals surface area contributed by atoms with Gasteiger partial charge < -0.3 is 14.8 Å². The number of hydrogen-bond acceptors (Lipinski definition) is 4. The van der Waals surface area contributed by atoms with E-state index >= 15 is 0 Å². The van der Waals surface area contributed by atoms with E-state index in [2.05, 4.69) is 17.3 Å². The molecule has 0 radical (unpaired) electrons. The molecule has 20 heavy (non-hydrogen) atoms. The summed E-state index contributed by atoms with van der Waals surface area (Å²) < 4.78 is 13.8. The van der Waals surface area contributed by atoms with Gasteiger partial charge in [0.25, 0.3) is 0 Å². The Morgan fingerprint density at radius 1 is 1.40 bits per heavy atom. The van der Waals surface area contributed by atoms with Crippen LogP contribution in [0.1, 0.15) is 18.5 Å². The molecule has 2 heterocycles. The van der Waals surface area contributed by atoms with Crippen molar-refractivity contribution in [3.05, 3.63) is 42.2 Å². The lowest BCUT2D eigenvalue weighted by Crippen LogP contribution is -2.40. The van der Waals surface area contributed by atoms with Crippen LogP contribution in [0.3, 0.4) is 0 Å². The highest BCUT2D eigenvalue weighted by atomic mass is 16.6. The first-order chi connectivity index (χ1) is 9.81. The number of para-hydroxylation sites is 2. The van der Waals surface area contributed by atoms with Crippen LogP contribution in [0.15, 0.2) is 36.7 Å². The second-order valence-electron chi connectivity index (χ2n) is 4.81. The number of nitrogens with zero attached hydrogens (tertiary/aromatic N) is 2.